The standard InChI is InChI=1S/C30H43N7O8/c1-4-17-7-8-21-19(12-17)15(2)26(45-21)25(40)24(29(43)44)36-22(39)6-5-10-34-27(41)20(35-28(42)23(31)16(3)38)13-18-9-11-37(14-18)30(32)33/h7-9,12,16,20,23-25,38,40H,4-6,10-11,13-14,31H2,1-3H3,(H3,32,33)(H,34,41)(H,35,42)(H,36,39)(H,43,44). The summed E-state index contributed by atoms with van der Waals surface area (Å²) in [5.41, 5.74) is 14.1. The van der Waals surface area contributed by atoms with Crippen LogP contribution in [0.5, 0.6) is 0 Å². The minimum atomic E-state index is -1.68. The molecule has 0 fully saturated rings. The lowest BCUT2D eigenvalue weighted by Gasteiger charge is -2.23. The molecular formula is C30H43N7O8. The summed E-state index contributed by atoms with van der Waals surface area (Å²) in [7, 11) is 0. The molecule has 1 aromatic heterocycles. The fourth-order valence-corrected chi connectivity index (χ4v) is 4.95. The fourth-order valence-electron chi connectivity index (χ4n) is 4.95. The Bertz CT molecular complexity index is 1450. The highest BCUT2D eigenvalue weighted by Gasteiger charge is 2.34. The van der Waals surface area contributed by atoms with Crippen LogP contribution >= 0.6 is 0 Å². The molecule has 0 saturated carbocycles. The van der Waals surface area contributed by atoms with Gasteiger partial charge in [-0.15, -0.1) is 0 Å². The number of furan rings is 1. The molecular weight excluding hydrogens is 586 g/mol. The van der Waals surface area contributed by atoms with Gasteiger partial charge in [0.15, 0.2) is 12.0 Å². The Balaban J connectivity index is 1.57. The first-order valence-corrected chi connectivity index (χ1v) is 14.7. The van der Waals surface area contributed by atoms with E-state index in [-0.39, 0.29) is 37.5 Å². The second-order valence-electron chi connectivity index (χ2n) is 11.2. The summed E-state index contributed by atoms with van der Waals surface area (Å²) < 4.78 is 5.75. The normalized spacial score (nSPS) is 16.3. The quantitative estimate of drug-likeness (QED) is 0.0526. The molecule has 0 saturated heterocycles. The average molecular weight is 630 g/mol. The maximum absolute atomic E-state index is 13.0. The summed E-state index contributed by atoms with van der Waals surface area (Å²) in [4.78, 5) is 51.7. The van der Waals surface area contributed by atoms with Gasteiger partial charge in [0.25, 0.3) is 0 Å². The lowest BCUT2D eigenvalue weighted by atomic mass is 10.0. The highest BCUT2D eigenvalue weighted by molar-refractivity contribution is 5.90. The van der Waals surface area contributed by atoms with E-state index in [1.807, 2.05) is 19.1 Å². The number of aliphatic hydroxyl groups excluding tert-OH is 2. The Hall–Kier alpha value is -4.47. The second-order valence-corrected chi connectivity index (χ2v) is 11.2. The largest absolute Gasteiger partial charge is 0.480 e. The molecule has 0 radical (unpaired) electrons. The zero-order valence-corrected chi connectivity index (χ0v) is 25.6. The second kappa shape index (κ2) is 15.5. The van der Waals surface area contributed by atoms with Crippen molar-refractivity contribution in [2.24, 2.45) is 11.5 Å². The topological polar surface area (TPSA) is 257 Å². The van der Waals surface area contributed by atoms with Crippen LogP contribution in [0, 0.1) is 12.3 Å². The van der Waals surface area contributed by atoms with Gasteiger partial charge >= 0.3 is 5.97 Å². The zero-order valence-electron chi connectivity index (χ0n) is 25.6. The van der Waals surface area contributed by atoms with Crippen LogP contribution < -0.4 is 27.4 Å². The summed E-state index contributed by atoms with van der Waals surface area (Å²) in [6.45, 7) is 5.77. The molecule has 3 amide bonds. The number of guanidine groups is 1. The molecule has 15 nitrogen and oxygen atoms in total. The number of aliphatic carboxylic acids is 1. The van der Waals surface area contributed by atoms with Gasteiger partial charge in [-0.2, -0.15) is 0 Å². The highest BCUT2D eigenvalue weighted by Crippen LogP contribution is 2.32. The van der Waals surface area contributed by atoms with Gasteiger partial charge in [0, 0.05) is 37.0 Å². The van der Waals surface area contributed by atoms with Crippen LogP contribution in [0.25, 0.3) is 11.0 Å². The Morgan fingerprint density at radius 2 is 1.87 bits per heavy atom. The molecule has 15 heteroatoms. The predicted octanol–water partition coefficient (Wildman–Crippen LogP) is -0.479. The number of hydrogen-bond donors (Lipinski definition) is 9. The molecule has 11 N–H and O–H groups in total. The number of carboxylic acid groups (broad SMARTS) is 1. The first kappa shape index (κ1) is 35.0. The number of carbonyl (C=O) groups is 4. The van der Waals surface area contributed by atoms with Crippen molar-refractivity contribution in [3.05, 3.63) is 46.7 Å². The SMILES string of the molecule is CCc1ccc2oc(C(O)C(NC(=O)CCCNC(=O)C(CC3=CCN(C(=N)N)C3)NC(=O)C(N)C(C)O)C(=O)O)c(C)c2c1. The highest BCUT2D eigenvalue weighted by atomic mass is 16.4. The van der Waals surface area contributed by atoms with Crippen molar-refractivity contribution in [3.63, 3.8) is 0 Å². The molecule has 0 aliphatic carbocycles. The number of carbonyl (C=O) groups excluding carboxylic acids is 3. The van der Waals surface area contributed by atoms with Crippen LogP contribution in [0.2, 0.25) is 0 Å². The first-order valence-electron chi connectivity index (χ1n) is 14.7. The van der Waals surface area contributed by atoms with Gasteiger partial charge in [-0.1, -0.05) is 24.6 Å². The number of amides is 3. The number of aryl methyl sites for hydroxylation is 2. The van der Waals surface area contributed by atoms with Gasteiger partial charge in [0.05, 0.1) is 6.10 Å². The third kappa shape index (κ3) is 9.03. The number of nitrogens with one attached hydrogen (secondary N) is 4. The van der Waals surface area contributed by atoms with Gasteiger partial charge < -0.3 is 52.1 Å². The van der Waals surface area contributed by atoms with Crippen molar-refractivity contribution in [1.82, 2.24) is 20.9 Å². The number of aliphatic hydroxyl groups is 2. The van der Waals surface area contributed by atoms with Gasteiger partial charge in [-0.25, -0.2) is 4.79 Å². The van der Waals surface area contributed by atoms with Crippen molar-refractivity contribution in [2.45, 2.75) is 76.8 Å². The fraction of sp³-hybridized carbons (Fsp3) is 0.500. The van der Waals surface area contributed by atoms with Crippen LogP contribution in [-0.4, -0.2) is 93.7 Å². The van der Waals surface area contributed by atoms with E-state index < -0.39 is 54.0 Å². The van der Waals surface area contributed by atoms with Crippen molar-refractivity contribution in [1.29, 1.82) is 5.41 Å². The van der Waals surface area contributed by atoms with Crippen molar-refractivity contribution < 1.29 is 38.9 Å². The average Bonchev–Trinajstić information content (AvgIpc) is 3.60. The van der Waals surface area contributed by atoms with Crippen LogP contribution in [0.15, 0.2) is 34.3 Å². The molecule has 2 aromatic rings. The van der Waals surface area contributed by atoms with Crippen LogP contribution in [0.3, 0.4) is 0 Å². The number of rotatable bonds is 15. The van der Waals surface area contributed by atoms with Crippen molar-refractivity contribution in [2.75, 3.05) is 19.6 Å². The summed E-state index contributed by atoms with van der Waals surface area (Å²) in [5, 5.41) is 46.2. The van der Waals surface area contributed by atoms with E-state index in [1.54, 1.807) is 24.0 Å². The predicted molar refractivity (Wildman–Crippen MR) is 165 cm³/mol. The summed E-state index contributed by atoms with van der Waals surface area (Å²) >= 11 is 0. The molecule has 5 atom stereocenters. The van der Waals surface area contributed by atoms with Crippen LogP contribution in [-0.2, 0) is 25.6 Å². The summed E-state index contributed by atoms with van der Waals surface area (Å²) in [6.07, 6.45) is -0.148. The van der Waals surface area contributed by atoms with E-state index in [0.29, 0.717) is 24.2 Å². The van der Waals surface area contributed by atoms with E-state index in [1.165, 1.54) is 6.92 Å². The van der Waals surface area contributed by atoms with Gasteiger partial charge in [-0.05, 0) is 50.8 Å². The van der Waals surface area contributed by atoms with Crippen LogP contribution in [0.1, 0.15) is 56.1 Å². The maximum atomic E-state index is 13.0. The minimum absolute atomic E-state index is 0.0163. The van der Waals surface area contributed by atoms with Crippen molar-refractivity contribution in [3.8, 4) is 0 Å². The van der Waals surface area contributed by atoms with E-state index in [9.17, 15) is 34.5 Å². The van der Waals surface area contributed by atoms with E-state index in [4.69, 9.17) is 21.3 Å². The maximum Gasteiger partial charge on any atom is 0.329 e. The Labute approximate surface area is 260 Å². The third-order valence-electron chi connectivity index (χ3n) is 7.75. The molecule has 5 unspecified atom stereocenters. The van der Waals surface area contributed by atoms with Crippen LogP contribution in [0.4, 0.5) is 0 Å². The molecule has 1 aromatic carbocycles. The Morgan fingerprint density at radius 1 is 1.16 bits per heavy atom. The number of nitrogens with two attached hydrogens (primary N) is 2. The lowest BCUT2D eigenvalue weighted by molar-refractivity contribution is -0.145. The van der Waals surface area contributed by atoms with Gasteiger partial charge in [-0.3, -0.25) is 19.8 Å². The van der Waals surface area contributed by atoms with E-state index in [2.05, 4.69) is 16.0 Å². The zero-order chi connectivity index (χ0) is 33.4. The molecule has 0 bridgehead atoms. The number of carboxylic acids is 1. The smallest absolute Gasteiger partial charge is 0.329 e. The monoisotopic (exact) mass is 629 g/mol. The number of fused-ring (bicyclic) bond motifs is 1. The summed E-state index contributed by atoms with van der Waals surface area (Å²) in [5.74, 6) is -3.48. The molecule has 3 rings (SSSR count). The van der Waals surface area contributed by atoms with E-state index in [0.717, 1.165) is 22.9 Å². The molecule has 0 spiro atoms. The van der Waals surface area contributed by atoms with Gasteiger partial charge in [0.2, 0.25) is 17.7 Å². The van der Waals surface area contributed by atoms with E-state index >= 15 is 0 Å². The molecule has 1 aliphatic heterocycles. The molecule has 2 heterocycles. The number of nitrogens with zero attached hydrogens (tertiary/aromatic N) is 1. The summed E-state index contributed by atoms with van der Waals surface area (Å²) in [6, 6.07) is 1.56. The first-order chi connectivity index (χ1) is 21.2. The van der Waals surface area contributed by atoms with Crippen molar-refractivity contribution >= 4 is 40.6 Å². The third-order valence-corrected chi connectivity index (χ3v) is 7.75. The molecule has 246 valence electrons. The molecule has 1 aliphatic rings. The Kier molecular flexibility index (Phi) is 12.1. The van der Waals surface area contributed by atoms with Gasteiger partial charge in [0.1, 0.15) is 29.5 Å². The number of hydrogen-bond acceptors (Lipinski definition) is 9. The number of benzene rings is 1. The molecule has 45 heavy (non-hydrogen) atoms. The Morgan fingerprint density at radius 3 is 2.47 bits per heavy atom. The minimum Gasteiger partial charge on any atom is -0.480 e. The lowest BCUT2D eigenvalue weighted by Crippen LogP contribution is -2.54.